The van der Waals surface area contributed by atoms with Gasteiger partial charge in [-0.3, -0.25) is 4.79 Å². The molecule has 0 aliphatic heterocycles. The minimum atomic E-state index is -1.18. The third kappa shape index (κ3) is 5.90. The van der Waals surface area contributed by atoms with Crippen molar-refractivity contribution in [3.05, 3.63) is 0 Å². The van der Waals surface area contributed by atoms with Gasteiger partial charge in [0.15, 0.2) is 0 Å². The molecule has 0 bridgehead atoms. The van der Waals surface area contributed by atoms with Gasteiger partial charge in [0.1, 0.15) is 6.04 Å². The zero-order valence-electron chi connectivity index (χ0n) is 12.8. The quantitative estimate of drug-likeness (QED) is 0.670. The molecule has 0 aromatic heterocycles. The monoisotopic (exact) mass is 287 g/mol. The Morgan fingerprint density at radius 2 is 1.80 bits per heavy atom. The first-order chi connectivity index (χ1) is 8.96. The molecule has 0 saturated carbocycles. The average molecular weight is 287 g/mol. The van der Waals surface area contributed by atoms with Crippen molar-refractivity contribution in [3.63, 3.8) is 0 Å². The number of primary amides is 1. The van der Waals surface area contributed by atoms with Gasteiger partial charge in [0, 0.05) is 19.5 Å². The van der Waals surface area contributed by atoms with Crippen LogP contribution >= 0.6 is 0 Å². The van der Waals surface area contributed by atoms with Crippen molar-refractivity contribution in [2.24, 2.45) is 11.1 Å². The summed E-state index contributed by atoms with van der Waals surface area (Å²) in [5.74, 6) is -1.78. The summed E-state index contributed by atoms with van der Waals surface area (Å²) in [6.45, 7) is 7.86. The van der Waals surface area contributed by atoms with Crippen LogP contribution in [0.2, 0.25) is 0 Å². The average Bonchev–Trinajstić information content (AvgIpc) is 2.30. The number of hydrogen-bond donors (Lipinski definition) is 3. The number of nitrogens with zero attached hydrogens (tertiary/aromatic N) is 1. The first-order valence-electron chi connectivity index (χ1n) is 6.51. The minimum Gasteiger partial charge on any atom is -0.480 e. The van der Waals surface area contributed by atoms with Crippen molar-refractivity contribution in [1.29, 1.82) is 0 Å². The summed E-state index contributed by atoms with van der Waals surface area (Å²) in [5, 5.41) is 11.4. The summed E-state index contributed by atoms with van der Waals surface area (Å²) in [4.78, 5) is 35.2. The molecule has 4 N–H and O–H groups in total. The number of urea groups is 1. The van der Waals surface area contributed by atoms with E-state index in [1.807, 2.05) is 27.7 Å². The number of carboxylic acids is 1. The highest BCUT2D eigenvalue weighted by atomic mass is 16.4. The van der Waals surface area contributed by atoms with Crippen LogP contribution in [0, 0.1) is 5.41 Å². The van der Waals surface area contributed by atoms with Crippen molar-refractivity contribution < 1.29 is 19.5 Å². The van der Waals surface area contributed by atoms with Crippen LogP contribution < -0.4 is 11.1 Å². The molecule has 116 valence electrons. The zero-order chi connectivity index (χ0) is 16.1. The fraction of sp³-hybridized carbons (Fsp3) is 0.769. The summed E-state index contributed by atoms with van der Waals surface area (Å²) in [6.07, 6.45) is -0.107. The van der Waals surface area contributed by atoms with E-state index >= 15 is 0 Å². The number of amides is 3. The fourth-order valence-corrected chi connectivity index (χ4v) is 1.55. The lowest BCUT2D eigenvalue weighted by atomic mass is 9.87. The molecule has 7 nitrogen and oxygen atoms in total. The van der Waals surface area contributed by atoms with E-state index in [9.17, 15) is 14.4 Å². The second-order valence-electron chi connectivity index (χ2n) is 6.00. The molecule has 0 aliphatic carbocycles. The summed E-state index contributed by atoms with van der Waals surface area (Å²) >= 11 is 0. The third-order valence-electron chi connectivity index (χ3n) is 3.43. The van der Waals surface area contributed by atoms with E-state index < -0.39 is 23.9 Å². The molecule has 1 unspecified atom stereocenters. The number of aliphatic carboxylic acids is 1. The molecule has 0 fully saturated rings. The topological polar surface area (TPSA) is 113 Å². The third-order valence-corrected chi connectivity index (χ3v) is 3.43. The van der Waals surface area contributed by atoms with Gasteiger partial charge in [-0.15, -0.1) is 0 Å². The van der Waals surface area contributed by atoms with Crippen LogP contribution in [0.25, 0.3) is 0 Å². The number of nitrogens with two attached hydrogens (primary N) is 1. The van der Waals surface area contributed by atoms with Crippen LogP contribution in [0.4, 0.5) is 4.79 Å². The van der Waals surface area contributed by atoms with Crippen LogP contribution in [-0.2, 0) is 9.59 Å². The molecular weight excluding hydrogens is 262 g/mol. The number of carbonyl (C=O) groups excluding carboxylic acids is 2. The van der Waals surface area contributed by atoms with Gasteiger partial charge < -0.3 is 21.1 Å². The van der Waals surface area contributed by atoms with E-state index in [1.54, 1.807) is 7.05 Å². The summed E-state index contributed by atoms with van der Waals surface area (Å²) in [7, 11) is 1.61. The van der Waals surface area contributed by atoms with Gasteiger partial charge in [-0.2, -0.15) is 0 Å². The Hall–Kier alpha value is -1.79. The highest BCUT2D eigenvalue weighted by Gasteiger charge is 2.29. The number of hydrogen-bond acceptors (Lipinski definition) is 3. The number of carboxylic acid groups (broad SMARTS) is 1. The minimum absolute atomic E-state index is 0.0197. The zero-order valence-corrected chi connectivity index (χ0v) is 12.8. The Bertz CT molecular complexity index is 376. The van der Waals surface area contributed by atoms with Crippen LogP contribution in [0.5, 0.6) is 0 Å². The predicted molar refractivity (Wildman–Crippen MR) is 75.1 cm³/mol. The Morgan fingerprint density at radius 1 is 1.30 bits per heavy atom. The second kappa shape index (κ2) is 7.12. The van der Waals surface area contributed by atoms with Crippen molar-refractivity contribution in [2.75, 3.05) is 7.05 Å². The van der Waals surface area contributed by atoms with Crippen LogP contribution in [0.15, 0.2) is 0 Å². The van der Waals surface area contributed by atoms with Gasteiger partial charge in [-0.1, -0.05) is 20.8 Å². The molecule has 0 heterocycles. The molecule has 0 aromatic rings. The Balaban J connectivity index is 4.68. The normalized spacial score (nSPS) is 14.2. The first-order valence-corrected chi connectivity index (χ1v) is 6.51. The summed E-state index contributed by atoms with van der Waals surface area (Å²) < 4.78 is 0. The lowest BCUT2D eigenvalue weighted by Crippen LogP contribution is -2.52. The molecule has 0 spiro atoms. The maximum atomic E-state index is 12.0. The van der Waals surface area contributed by atoms with Crippen LogP contribution in [0.3, 0.4) is 0 Å². The van der Waals surface area contributed by atoms with Gasteiger partial charge in [-0.25, -0.2) is 9.59 Å². The molecule has 0 aromatic carbocycles. The van der Waals surface area contributed by atoms with Crippen molar-refractivity contribution in [3.8, 4) is 0 Å². The van der Waals surface area contributed by atoms with Gasteiger partial charge in [0.2, 0.25) is 5.91 Å². The fourth-order valence-electron chi connectivity index (χ4n) is 1.55. The number of rotatable bonds is 6. The maximum Gasteiger partial charge on any atom is 0.326 e. The van der Waals surface area contributed by atoms with E-state index in [0.717, 1.165) is 0 Å². The first kappa shape index (κ1) is 18.2. The van der Waals surface area contributed by atoms with E-state index in [4.69, 9.17) is 10.8 Å². The van der Waals surface area contributed by atoms with Gasteiger partial charge in [-0.05, 0) is 18.8 Å². The largest absolute Gasteiger partial charge is 0.480 e. The molecule has 0 radical (unpaired) electrons. The maximum absolute atomic E-state index is 12.0. The SMILES string of the molecule is CC(N(C)C(=O)N[C@@H](CCC(N)=O)C(=O)O)C(C)(C)C. The highest BCUT2D eigenvalue weighted by Crippen LogP contribution is 2.23. The Morgan fingerprint density at radius 3 is 2.15 bits per heavy atom. The lowest BCUT2D eigenvalue weighted by Gasteiger charge is -2.35. The highest BCUT2D eigenvalue weighted by molar-refractivity contribution is 5.83. The second-order valence-corrected chi connectivity index (χ2v) is 6.00. The molecule has 3 amide bonds. The predicted octanol–water partition coefficient (Wildman–Crippen LogP) is 0.781. The molecule has 0 rings (SSSR count). The summed E-state index contributed by atoms with van der Waals surface area (Å²) in [6, 6.07) is -1.68. The van der Waals surface area contributed by atoms with Crippen LogP contribution in [-0.4, -0.2) is 47.0 Å². The van der Waals surface area contributed by atoms with Gasteiger partial charge in [0.05, 0.1) is 0 Å². The van der Waals surface area contributed by atoms with E-state index in [2.05, 4.69) is 5.32 Å². The van der Waals surface area contributed by atoms with E-state index in [0.29, 0.717) is 0 Å². The number of nitrogens with one attached hydrogen (secondary N) is 1. The molecule has 0 aliphatic rings. The smallest absolute Gasteiger partial charge is 0.326 e. The van der Waals surface area contributed by atoms with Crippen LogP contribution in [0.1, 0.15) is 40.5 Å². The molecule has 2 atom stereocenters. The van der Waals surface area contributed by atoms with Crippen molar-refractivity contribution >= 4 is 17.9 Å². The van der Waals surface area contributed by atoms with Gasteiger partial charge in [0.25, 0.3) is 0 Å². The van der Waals surface area contributed by atoms with E-state index in [1.165, 1.54) is 4.90 Å². The van der Waals surface area contributed by atoms with Crippen molar-refractivity contribution in [2.45, 2.75) is 52.6 Å². The van der Waals surface area contributed by atoms with Gasteiger partial charge >= 0.3 is 12.0 Å². The molecule has 7 heteroatoms. The Labute approximate surface area is 119 Å². The lowest BCUT2D eigenvalue weighted by molar-refractivity contribution is -0.139. The summed E-state index contributed by atoms with van der Waals surface area (Å²) in [5.41, 5.74) is 4.85. The Kier molecular flexibility index (Phi) is 6.48. The van der Waals surface area contributed by atoms with Crippen molar-refractivity contribution in [1.82, 2.24) is 10.2 Å². The van der Waals surface area contributed by atoms with E-state index in [-0.39, 0.29) is 24.3 Å². The standard InChI is InChI=1S/C13H25N3O4/c1-8(13(2,3)4)16(5)12(20)15-9(11(18)19)6-7-10(14)17/h8-9H,6-7H2,1-5H3,(H2,14,17)(H,15,20)(H,18,19)/t8?,9-/m0/s1. The molecule has 0 saturated heterocycles. The molecule has 20 heavy (non-hydrogen) atoms. The number of carbonyl (C=O) groups is 3. The molecular formula is C13H25N3O4.